The van der Waals surface area contributed by atoms with E-state index in [1.807, 2.05) is 13.8 Å². The van der Waals surface area contributed by atoms with Gasteiger partial charge >= 0.3 is 12.1 Å². The van der Waals surface area contributed by atoms with Gasteiger partial charge in [0, 0.05) is 29.4 Å². The third-order valence-corrected chi connectivity index (χ3v) is 7.03. The number of nitrogens with one attached hydrogen (secondary N) is 1. The minimum absolute atomic E-state index is 0.0103. The topological polar surface area (TPSA) is 81.9 Å². The number of fused-ring (bicyclic) bond motifs is 3. The van der Waals surface area contributed by atoms with Crippen LogP contribution >= 0.6 is 11.6 Å². The van der Waals surface area contributed by atoms with Gasteiger partial charge in [-0.1, -0.05) is 0 Å². The molecule has 3 fully saturated rings. The lowest BCUT2D eigenvalue weighted by molar-refractivity contribution is -0.141. The molecule has 0 atom stereocenters. The molecule has 2 heterocycles. The average molecular weight is 472 g/mol. The second-order valence-electron chi connectivity index (χ2n) is 9.03. The van der Waals surface area contributed by atoms with Gasteiger partial charge < -0.3 is 14.6 Å². The monoisotopic (exact) mass is 471 g/mol. The van der Waals surface area contributed by atoms with Crippen molar-refractivity contribution in [3.8, 4) is 0 Å². The van der Waals surface area contributed by atoms with Crippen LogP contribution in [-0.4, -0.2) is 38.1 Å². The number of carbonyl (C=O) groups excluding carboxylic acids is 1. The van der Waals surface area contributed by atoms with Gasteiger partial charge in [-0.05, 0) is 64.0 Å². The number of halogens is 4. The maximum atomic E-state index is 13.4. The SMILES string of the molecule is COC(=O)c1cnc(Cl)nc1NC12CCC(c3nc(C(F)(F)F)cn3C(C)C)(CC1)CC2. The maximum absolute atomic E-state index is 13.4. The van der Waals surface area contributed by atoms with Crippen LogP contribution in [0.4, 0.5) is 19.0 Å². The average Bonchev–Trinajstić information content (AvgIpc) is 3.22. The van der Waals surface area contributed by atoms with Gasteiger partial charge in [0.15, 0.2) is 5.69 Å². The highest BCUT2D eigenvalue weighted by Crippen LogP contribution is 2.55. The Morgan fingerprint density at radius 3 is 2.34 bits per heavy atom. The number of methoxy groups -OCH3 is 1. The van der Waals surface area contributed by atoms with E-state index in [0.717, 1.165) is 6.20 Å². The molecule has 3 aliphatic carbocycles. The molecule has 5 rings (SSSR count). The van der Waals surface area contributed by atoms with Crippen molar-refractivity contribution in [3.05, 3.63) is 34.8 Å². The fourth-order valence-electron chi connectivity index (χ4n) is 4.99. The van der Waals surface area contributed by atoms with Crippen LogP contribution in [0, 0.1) is 0 Å². The van der Waals surface area contributed by atoms with E-state index in [1.54, 1.807) is 4.57 Å². The van der Waals surface area contributed by atoms with Crippen LogP contribution in [0.1, 0.15) is 80.3 Å². The van der Waals surface area contributed by atoms with Crippen LogP contribution in [0.15, 0.2) is 12.4 Å². The number of carbonyl (C=O) groups is 1. The Kier molecular flexibility index (Phi) is 5.63. The second-order valence-corrected chi connectivity index (χ2v) is 9.37. The predicted molar refractivity (Wildman–Crippen MR) is 112 cm³/mol. The molecule has 0 amide bonds. The van der Waals surface area contributed by atoms with Crippen LogP contribution in [0.2, 0.25) is 5.28 Å². The molecule has 7 nitrogen and oxygen atoms in total. The second kappa shape index (κ2) is 7.90. The fraction of sp³-hybridized carbons (Fsp3) is 0.619. The zero-order valence-corrected chi connectivity index (χ0v) is 18.8. The molecule has 0 saturated heterocycles. The molecule has 1 N–H and O–H groups in total. The Morgan fingerprint density at radius 1 is 1.19 bits per heavy atom. The Bertz CT molecular complexity index is 1010. The first-order valence-electron chi connectivity index (χ1n) is 10.5. The molecule has 174 valence electrons. The zero-order valence-electron chi connectivity index (χ0n) is 18.1. The van der Waals surface area contributed by atoms with Crippen molar-refractivity contribution in [1.29, 1.82) is 0 Å². The first-order valence-corrected chi connectivity index (χ1v) is 10.9. The van der Waals surface area contributed by atoms with Gasteiger partial charge in [0.05, 0.1) is 7.11 Å². The van der Waals surface area contributed by atoms with E-state index in [4.69, 9.17) is 16.3 Å². The molecule has 0 radical (unpaired) electrons. The number of esters is 1. The van der Waals surface area contributed by atoms with Crippen LogP contribution in [-0.2, 0) is 16.3 Å². The van der Waals surface area contributed by atoms with Gasteiger partial charge in [-0.15, -0.1) is 0 Å². The van der Waals surface area contributed by atoms with Crippen molar-refractivity contribution in [2.45, 2.75) is 75.5 Å². The lowest BCUT2D eigenvalue weighted by Crippen LogP contribution is -2.53. The molecule has 2 aromatic heterocycles. The number of nitrogens with zero attached hydrogens (tertiary/aromatic N) is 4. The summed E-state index contributed by atoms with van der Waals surface area (Å²) in [6, 6.07) is -0.125. The molecule has 0 aliphatic heterocycles. The summed E-state index contributed by atoms with van der Waals surface area (Å²) in [6.45, 7) is 3.74. The van der Waals surface area contributed by atoms with Crippen LogP contribution < -0.4 is 5.32 Å². The summed E-state index contributed by atoms with van der Waals surface area (Å²) in [5, 5.41) is 3.41. The lowest BCUT2D eigenvalue weighted by atomic mass is 9.56. The Morgan fingerprint density at radius 2 is 1.81 bits per heavy atom. The number of hydrogen-bond acceptors (Lipinski definition) is 6. The van der Waals surface area contributed by atoms with E-state index in [1.165, 1.54) is 13.3 Å². The van der Waals surface area contributed by atoms with Crippen molar-refractivity contribution in [2.24, 2.45) is 0 Å². The number of alkyl halides is 3. The van der Waals surface area contributed by atoms with E-state index >= 15 is 0 Å². The van der Waals surface area contributed by atoms with Crippen molar-refractivity contribution >= 4 is 23.4 Å². The molecular weight excluding hydrogens is 447 g/mol. The summed E-state index contributed by atoms with van der Waals surface area (Å²) in [5.74, 6) is 0.267. The van der Waals surface area contributed by atoms with Crippen LogP contribution in [0.25, 0.3) is 0 Å². The van der Waals surface area contributed by atoms with Gasteiger partial charge in [-0.2, -0.15) is 18.2 Å². The number of anilines is 1. The van der Waals surface area contributed by atoms with Gasteiger partial charge in [0.1, 0.15) is 17.2 Å². The predicted octanol–water partition coefficient (Wildman–Crippen LogP) is 5.17. The van der Waals surface area contributed by atoms with E-state index < -0.39 is 23.3 Å². The molecule has 3 aliphatic rings. The summed E-state index contributed by atoms with van der Waals surface area (Å²) in [6.07, 6.45) is 2.18. The Labute approximate surface area is 188 Å². The van der Waals surface area contributed by atoms with Crippen molar-refractivity contribution in [3.63, 3.8) is 0 Å². The molecule has 11 heteroatoms. The fourth-order valence-corrected chi connectivity index (χ4v) is 5.12. The van der Waals surface area contributed by atoms with E-state index in [-0.39, 0.29) is 22.4 Å². The number of imidazole rings is 1. The van der Waals surface area contributed by atoms with Crippen LogP contribution in [0.5, 0.6) is 0 Å². The molecule has 3 saturated carbocycles. The summed E-state index contributed by atoms with van der Waals surface area (Å²) in [4.78, 5) is 24.3. The molecule has 32 heavy (non-hydrogen) atoms. The quantitative estimate of drug-likeness (QED) is 0.478. The minimum Gasteiger partial charge on any atom is -0.465 e. The Hall–Kier alpha value is -2.36. The van der Waals surface area contributed by atoms with Gasteiger partial charge in [-0.25, -0.2) is 14.8 Å². The summed E-state index contributed by atoms with van der Waals surface area (Å²) in [5.41, 5.74) is -1.37. The van der Waals surface area contributed by atoms with Gasteiger partial charge in [-0.3, -0.25) is 0 Å². The number of rotatable bonds is 5. The van der Waals surface area contributed by atoms with Gasteiger partial charge in [0.25, 0.3) is 0 Å². The molecular formula is C21H25ClF3N5O2. The van der Waals surface area contributed by atoms with E-state index in [9.17, 15) is 18.0 Å². The highest BCUT2D eigenvalue weighted by molar-refractivity contribution is 6.28. The molecule has 2 aromatic rings. The molecule has 0 aromatic carbocycles. The first kappa shape index (κ1) is 22.8. The van der Waals surface area contributed by atoms with E-state index in [0.29, 0.717) is 50.2 Å². The summed E-state index contributed by atoms with van der Waals surface area (Å²) >= 11 is 5.95. The zero-order chi connectivity index (χ0) is 23.3. The number of aromatic nitrogens is 4. The highest BCUT2D eigenvalue weighted by atomic mass is 35.5. The lowest BCUT2D eigenvalue weighted by Gasteiger charge is -2.53. The number of ether oxygens (including phenoxy) is 1. The molecule has 0 spiro atoms. The van der Waals surface area contributed by atoms with Crippen molar-refractivity contribution < 1.29 is 22.7 Å². The third kappa shape index (κ3) is 3.93. The normalized spacial score (nSPS) is 25.2. The smallest absolute Gasteiger partial charge is 0.434 e. The molecule has 0 unspecified atom stereocenters. The summed E-state index contributed by atoms with van der Waals surface area (Å²) in [7, 11) is 1.28. The Balaban J connectivity index is 1.61. The van der Waals surface area contributed by atoms with Crippen molar-refractivity contribution in [2.75, 3.05) is 12.4 Å². The first-order chi connectivity index (χ1) is 15.0. The minimum atomic E-state index is -4.48. The van der Waals surface area contributed by atoms with E-state index in [2.05, 4.69) is 20.3 Å². The van der Waals surface area contributed by atoms with Crippen molar-refractivity contribution in [1.82, 2.24) is 19.5 Å². The number of hydrogen-bond donors (Lipinski definition) is 1. The highest BCUT2D eigenvalue weighted by Gasteiger charge is 2.52. The van der Waals surface area contributed by atoms with Crippen LogP contribution in [0.3, 0.4) is 0 Å². The third-order valence-electron chi connectivity index (χ3n) is 6.85. The maximum Gasteiger partial charge on any atom is 0.434 e. The summed E-state index contributed by atoms with van der Waals surface area (Å²) < 4.78 is 46.6. The molecule has 2 bridgehead atoms. The largest absolute Gasteiger partial charge is 0.465 e. The van der Waals surface area contributed by atoms with Gasteiger partial charge in [0.2, 0.25) is 5.28 Å². The standard InChI is InChI=1S/C21H25ClF3N5O2/c1-12(2)30-11-14(21(23,24)25)27-17(30)19-4-7-20(8-5-19,9-6-19)29-15-13(16(31)32-3)10-26-18(22)28-15/h10-12H,4-9H2,1-3H3,(H,26,28,29).